The van der Waals surface area contributed by atoms with Gasteiger partial charge in [0.1, 0.15) is 0 Å². The second-order valence-electron chi connectivity index (χ2n) is 5.04. The van der Waals surface area contributed by atoms with Gasteiger partial charge in [-0.25, -0.2) is 4.98 Å². The summed E-state index contributed by atoms with van der Waals surface area (Å²) >= 11 is 13.5. The van der Waals surface area contributed by atoms with Gasteiger partial charge >= 0.3 is 0 Å². The van der Waals surface area contributed by atoms with Crippen LogP contribution in [-0.2, 0) is 9.53 Å². The van der Waals surface area contributed by atoms with Gasteiger partial charge in [-0.2, -0.15) is 0 Å². The highest BCUT2D eigenvalue weighted by Gasteiger charge is 2.22. The van der Waals surface area contributed by atoms with E-state index in [2.05, 4.69) is 10.3 Å². The summed E-state index contributed by atoms with van der Waals surface area (Å²) in [5.74, 6) is -0.00255. The second-order valence-corrected chi connectivity index (χ2v) is 6.74. The Hall–Kier alpha value is -1.14. The van der Waals surface area contributed by atoms with Crippen LogP contribution in [0.25, 0.3) is 11.3 Å². The molecule has 3 rings (SSSR count). The van der Waals surface area contributed by atoms with Crippen LogP contribution >= 0.6 is 34.5 Å². The lowest BCUT2D eigenvalue weighted by Crippen LogP contribution is -2.28. The van der Waals surface area contributed by atoms with Crippen molar-refractivity contribution in [2.75, 3.05) is 18.5 Å². The van der Waals surface area contributed by atoms with Crippen molar-refractivity contribution in [3.63, 3.8) is 0 Å². The number of nitrogens with one attached hydrogen (secondary N) is 1. The monoisotopic (exact) mass is 356 g/mol. The third kappa shape index (κ3) is 3.60. The zero-order valence-corrected chi connectivity index (χ0v) is 14.0. The predicted molar refractivity (Wildman–Crippen MR) is 89.7 cm³/mol. The van der Waals surface area contributed by atoms with Gasteiger partial charge in [0.2, 0.25) is 5.91 Å². The molecule has 2 aromatic rings. The molecule has 1 aliphatic heterocycles. The van der Waals surface area contributed by atoms with Gasteiger partial charge in [-0.15, -0.1) is 11.3 Å². The number of carbonyl (C=O) groups excluding carboxylic acids is 1. The number of carbonyl (C=O) groups is 1. The minimum Gasteiger partial charge on any atom is -0.381 e. The van der Waals surface area contributed by atoms with E-state index in [1.165, 1.54) is 11.3 Å². The van der Waals surface area contributed by atoms with Crippen molar-refractivity contribution in [3.8, 4) is 11.3 Å². The summed E-state index contributed by atoms with van der Waals surface area (Å²) < 4.78 is 5.27. The Labute approximate surface area is 142 Å². The molecule has 0 saturated carbocycles. The van der Waals surface area contributed by atoms with E-state index in [-0.39, 0.29) is 11.8 Å². The number of aromatic nitrogens is 1. The van der Waals surface area contributed by atoms with Gasteiger partial charge < -0.3 is 10.1 Å². The molecular weight excluding hydrogens is 343 g/mol. The van der Waals surface area contributed by atoms with Crippen LogP contribution in [0.5, 0.6) is 0 Å². The maximum Gasteiger partial charge on any atom is 0.229 e. The van der Waals surface area contributed by atoms with Gasteiger partial charge in [0, 0.05) is 35.1 Å². The van der Waals surface area contributed by atoms with E-state index in [0.29, 0.717) is 34.1 Å². The van der Waals surface area contributed by atoms with E-state index in [9.17, 15) is 4.79 Å². The quantitative estimate of drug-likeness (QED) is 0.881. The lowest BCUT2D eigenvalue weighted by Gasteiger charge is -2.20. The van der Waals surface area contributed by atoms with Gasteiger partial charge in [-0.05, 0) is 31.0 Å². The molecule has 0 bridgehead atoms. The Morgan fingerprint density at radius 3 is 2.86 bits per heavy atom. The van der Waals surface area contributed by atoms with Crippen molar-refractivity contribution in [1.29, 1.82) is 0 Å². The van der Waals surface area contributed by atoms with Crippen molar-refractivity contribution in [3.05, 3.63) is 33.6 Å². The molecule has 0 radical (unpaired) electrons. The number of halogens is 2. The number of ether oxygens (including phenoxy) is 1. The SMILES string of the molecule is O=C(Nc1nc(-c2cc(Cl)ccc2Cl)cs1)C1CCOCC1. The van der Waals surface area contributed by atoms with E-state index in [4.69, 9.17) is 27.9 Å². The Bertz CT molecular complexity index is 684. The minimum absolute atomic E-state index is 0.00129. The van der Waals surface area contributed by atoms with E-state index in [0.717, 1.165) is 18.4 Å². The van der Waals surface area contributed by atoms with Crippen molar-refractivity contribution in [1.82, 2.24) is 4.98 Å². The van der Waals surface area contributed by atoms with E-state index in [1.807, 2.05) is 5.38 Å². The summed E-state index contributed by atoms with van der Waals surface area (Å²) in [6.45, 7) is 1.28. The molecule has 116 valence electrons. The summed E-state index contributed by atoms with van der Waals surface area (Å²) in [6, 6.07) is 5.23. The van der Waals surface area contributed by atoms with Crippen molar-refractivity contribution in [2.24, 2.45) is 5.92 Å². The first kappa shape index (κ1) is 15.7. The summed E-state index contributed by atoms with van der Waals surface area (Å²) in [4.78, 5) is 16.6. The van der Waals surface area contributed by atoms with Gasteiger partial charge in [0.25, 0.3) is 0 Å². The second kappa shape index (κ2) is 6.96. The molecule has 1 aromatic carbocycles. The maximum absolute atomic E-state index is 12.2. The van der Waals surface area contributed by atoms with Crippen LogP contribution in [0.3, 0.4) is 0 Å². The van der Waals surface area contributed by atoms with Crippen LogP contribution in [0.1, 0.15) is 12.8 Å². The fourth-order valence-corrected chi connectivity index (χ4v) is 3.42. The molecule has 0 atom stereocenters. The molecular formula is C15H14Cl2N2O2S. The number of anilines is 1. The van der Waals surface area contributed by atoms with Crippen LogP contribution in [-0.4, -0.2) is 24.1 Å². The number of amides is 1. The average molecular weight is 357 g/mol. The molecule has 1 N–H and O–H groups in total. The highest BCUT2D eigenvalue weighted by atomic mass is 35.5. The van der Waals surface area contributed by atoms with Crippen molar-refractivity contribution in [2.45, 2.75) is 12.8 Å². The summed E-state index contributed by atoms with van der Waals surface area (Å²) in [7, 11) is 0. The topological polar surface area (TPSA) is 51.2 Å². The lowest BCUT2D eigenvalue weighted by molar-refractivity contribution is -0.122. The van der Waals surface area contributed by atoms with Gasteiger partial charge in [0.05, 0.1) is 10.7 Å². The fourth-order valence-electron chi connectivity index (χ4n) is 2.32. The smallest absolute Gasteiger partial charge is 0.229 e. The number of benzene rings is 1. The summed E-state index contributed by atoms with van der Waals surface area (Å²) in [6.07, 6.45) is 1.51. The first-order valence-electron chi connectivity index (χ1n) is 6.93. The highest BCUT2D eigenvalue weighted by molar-refractivity contribution is 7.14. The number of thiazole rings is 1. The van der Waals surface area contributed by atoms with Crippen LogP contribution in [0.2, 0.25) is 10.0 Å². The number of hydrogen-bond donors (Lipinski definition) is 1. The molecule has 0 aliphatic carbocycles. The van der Waals surface area contributed by atoms with Crippen molar-refractivity contribution < 1.29 is 9.53 Å². The summed E-state index contributed by atoms with van der Waals surface area (Å²) in [5, 5.41) is 6.48. The van der Waals surface area contributed by atoms with E-state index >= 15 is 0 Å². The molecule has 1 aliphatic rings. The Balaban J connectivity index is 1.73. The van der Waals surface area contributed by atoms with Crippen LogP contribution in [0, 0.1) is 5.92 Å². The Morgan fingerprint density at radius 2 is 2.09 bits per heavy atom. The molecule has 4 nitrogen and oxygen atoms in total. The largest absolute Gasteiger partial charge is 0.381 e. The van der Waals surface area contributed by atoms with Crippen LogP contribution in [0.15, 0.2) is 23.6 Å². The number of hydrogen-bond acceptors (Lipinski definition) is 4. The van der Waals surface area contributed by atoms with Crippen LogP contribution < -0.4 is 5.32 Å². The molecule has 1 fully saturated rings. The molecule has 7 heteroatoms. The highest BCUT2D eigenvalue weighted by Crippen LogP contribution is 2.32. The van der Waals surface area contributed by atoms with E-state index < -0.39 is 0 Å². The van der Waals surface area contributed by atoms with Crippen molar-refractivity contribution >= 4 is 45.6 Å². The maximum atomic E-state index is 12.2. The molecule has 1 amide bonds. The zero-order valence-electron chi connectivity index (χ0n) is 11.6. The molecule has 2 heterocycles. The molecule has 22 heavy (non-hydrogen) atoms. The summed E-state index contributed by atoms with van der Waals surface area (Å²) in [5.41, 5.74) is 1.47. The average Bonchev–Trinajstić information content (AvgIpc) is 2.99. The minimum atomic E-state index is -0.00384. The first-order chi connectivity index (χ1) is 10.6. The molecule has 0 unspecified atom stereocenters. The third-order valence-electron chi connectivity index (χ3n) is 3.53. The fraction of sp³-hybridized carbons (Fsp3) is 0.333. The van der Waals surface area contributed by atoms with Crippen LogP contribution in [0.4, 0.5) is 5.13 Å². The zero-order chi connectivity index (χ0) is 15.5. The van der Waals surface area contributed by atoms with E-state index in [1.54, 1.807) is 18.2 Å². The Morgan fingerprint density at radius 1 is 1.32 bits per heavy atom. The van der Waals surface area contributed by atoms with Gasteiger partial charge in [-0.1, -0.05) is 23.2 Å². The van der Waals surface area contributed by atoms with Gasteiger partial charge in [0.15, 0.2) is 5.13 Å². The standard InChI is InChI=1S/C15H14Cl2N2O2S/c16-10-1-2-12(17)11(7-10)13-8-22-15(18-13)19-14(20)9-3-5-21-6-4-9/h1-2,7-9H,3-6H2,(H,18,19,20). The first-order valence-corrected chi connectivity index (χ1v) is 8.56. The van der Waals surface area contributed by atoms with Gasteiger partial charge in [-0.3, -0.25) is 4.79 Å². The normalized spacial score (nSPS) is 15.7. The molecule has 1 saturated heterocycles. The molecule has 0 spiro atoms. The predicted octanol–water partition coefficient (Wildman–Crippen LogP) is 4.48. The number of rotatable bonds is 3. The molecule has 1 aromatic heterocycles. The number of nitrogens with zero attached hydrogens (tertiary/aromatic N) is 1. The Kier molecular flexibility index (Phi) is 4.98. The third-order valence-corrected chi connectivity index (χ3v) is 4.85. The lowest BCUT2D eigenvalue weighted by atomic mass is 10.00.